The Morgan fingerprint density at radius 1 is 1.54 bits per heavy atom. The maximum absolute atomic E-state index is 10.7. The summed E-state index contributed by atoms with van der Waals surface area (Å²) < 4.78 is 4.92. The number of rotatable bonds is 4. The summed E-state index contributed by atoms with van der Waals surface area (Å²) in [6.45, 7) is 1.54. The van der Waals surface area contributed by atoms with Crippen molar-refractivity contribution in [2.75, 3.05) is 19.0 Å². The van der Waals surface area contributed by atoms with Gasteiger partial charge in [-0.3, -0.25) is 0 Å². The molecule has 5 nitrogen and oxygen atoms in total. The Morgan fingerprint density at radius 3 is 2.69 bits per heavy atom. The minimum atomic E-state index is 0.129. The average Bonchev–Trinajstić information content (AvgIpc) is 2.48. The molecule has 0 saturated carbocycles. The number of carbonyl (C=O) groups excluding carboxylic acids is 1. The molecular formula is C8H13N3O2. The first kappa shape index (κ1) is 9.70. The van der Waals surface area contributed by atoms with Crippen molar-refractivity contribution in [3.05, 3.63) is 5.89 Å². The Bertz CT molecular complexity index is 293. The Labute approximate surface area is 76.7 Å². The molecule has 1 aromatic rings. The van der Waals surface area contributed by atoms with Crippen LogP contribution in [0.4, 0.5) is 5.95 Å². The van der Waals surface area contributed by atoms with E-state index >= 15 is 0 Å². The second-order valence-corrected chi connectivity index (χ2v) is 3.08. The third kappa shape index (κ3) is 2.85. The fourth-order valence-corrected chi connectivity index (χ4v) is 0.812. The fourth-order valence-electron chi connectivity index (χ4n) is 0.812. The van der Waals surface area contributed by atoms with Crippen LogP contribution in [0.3, 0.4) is 0 Å². The first-order chi connectivity index (χ1) is 6.09. The average molecular weight is 183 g/mol. The van der Waals surface area contributed by atoms with Crippen LogP contribution in [0, 0.1) is 0 Å². The van der Waals surface area contributed by atoms with E-state index in [0.717, 1.165) is 0 Å². The number of hydrogen-bond acceptors (Lipinski definition) is 5. The molecule has 0 aromatic carbocycles. The SMILES string of the molecule is CC(=O)CCc1nc(N(C)C)no1. The second-order valence-electron chi connectivity index (χ2n) is 3.08. The highest BCUT2D eigenvalue weighted by molar-refractivity contribution is 5.75. The lowest BCUT2D eigenvalue weighted by atomic mass is 10.2. The van der Waals surface area contributed by atoms with Crippen LogP contribution < -0.4 is 4.90 Å². The molecule has 0 N–H and O–H groups in total. The summed E-state index contributed by atoms with van der Waals surface area (Å²) >= 11 is 0. The molecule has 0 spiro atoms. The molecule has 0 aliphatic rings. The number of nitrogens with zero attached hydrogens (tertiary/aromatic N) is 3. The molecular weight excluding hydrogens is 170 g/mol. The lowest BCUT2D eigenvalue weighted by Crippen LogP contribution is -2.10. The van der Waals surface area contributed by atoms with E-state index in [1.54, 1.807) is 11.8 Å². The van der Waals surface area contributed by atoms with Gasteiger partial charge in [0.05, 0.1) is 0 Å². The van der Waals surface area contributed by atoms with E-state index in [4.69, 9.17) is 4.52 Å². The van der Waals surface area contributed by atoms with Gasteiger partial charge in [-0.25, -0.2) is 0 Å². The molecule has 1 rings (SSSR count). The Kier molecular flexibility index (Phi) is 3.00. The van der Waals surface area contributed by atoms with Crippen LogP contribution in [0.5, 0.6) is 0 Å². The number of aryl methyl sites for hydroxylation is 1. The largest absolute Gasteiger partial charge is 0.344 e. The minimum absolute atomic E-state index is 0.129. The molecule has 0 atom stereocenters. The van der Waals surface area contributed by atoms with Gasteiger partial charge in [0.15, 0.2) is 0 Å². The van der Waals surface area contributed by atoms with Crippen molar-refractivity contribution < 1.29 is 9.32 Å². The quantitative estimate of drug-likeness (QED) is 0.686. The van der Waals surface area contributed by atoms with E-state index in [0.29, 0.717) is 24.7 Å². The molecule has 0 aliphatic heterocycles. The maximum Gasteiger partial charge on any atom is 0.265 e. The third-order valence-corrected chi connectivity index (χ3v) is 1.55. The molecule has 5 heteroatoms. The van der Waals surface area contributed by atoms with Crippen LogP contribution in [-0.2, 0) is 11.2 Å². The van der Waals surface area contributed by atoms with Crippen LogP contribution in [-0.4, -0.2) is 30.0 Å². The van der Waals surface area contributed by atoms with Crippen LogP contribution in [0.15, 0.2) is 4.52 Å². The summed E-state index contributed by atoms with van der Waals surface area (Å²) in [7, 11) is 3.67. The van der Waals surface area contributed by atoms with Crippen LogP contribution >= 0.6 is 0 Å². The molecule has 1 heterocycles. The Hall–Kier alpha value is -1.39. The molecule has 0 saturated heterocycles. The maximum atomic E-state index is 10.7. The number of aromatic nitrogens is 2. The summed E-state index contributed by atoms with van der Waals surface area (Å²) in [5.74, 6) is 1.18. The summed E-state index contributed by atoms with van der Waals surface area (Å²) in [5, 5.41) is 3.72. The molecule has 0 amide bonds. The highest BCUT2D eigenvalue weighted by Crippen LogP contribution is 2.06. The van der Waals surface area contributed by atoms with Gasteiger partial charge >= 0.3 is 0 Å². The zero-order chi connectivity index (χ0) is 9.84. The summed E-state index contributed by atoms with van der Waals surface area (Å²) in [6, 6.07) is 0. The van der Waals surface area contributed by atoms with Crippen molar-refractivity contribution in [1.29, 1.82) is 0 Å². The summed E-state index contributed by atoms with van der Waals surface area (Å²) in [6.07, 6.45) is 0.977. The van der Waals surface area contributed by atoms with Gasteiger partial charge in [0.1, 0.15) is 5.78 Å². The monoisotopic (exact) mass is 183 g/mol. The normalized spacial score (nSPS) is 10.1. The molecule has 0 radical (unpaired) electrons. The van der Waals surface area contributed by atoms with Gasteiger partial charge in [-0.05, 0) is 12.1 Å². The summed E-state index contributed by atoms with van der Waals surface area (Å²) in [5.41, 5.74) is 0. The zero-order valence-corrected chi connectivity index (χ0v) is 8.07. The van der Waals surface area contributed by atoms with Gasteiger partial charge < -0.3 is 14.2 Å². The molecule has 0 unspecified atom stereocenters. The van der Waals surface area contributed by atoms with Crippen molar-refractivity contribution in [3.8, 4) is 0 Å². The molecule has 1 aromatic heterocycles. The van der Waals surface area contributed by atoms with Crippen LogP contribution in [0.1, 0.15) is 19.2 Å². The van der Waals surface area contributed by atoms with Gasteiger partial charge in [0.2, 0.25) is 5.89 Å². The van der Waals surface area contributed by atoms with E-state index in [1.165, 1.54) is 0 Å². The second kappa shape index (κ2) is 4.02. The molecule has 72 valence electrons. The van der Waals surface area contributed by atoms with Crippen molar-refractivity contribution in [1.82, 2.24) is 10.1 Å². The molecule has 0 bridgehead atoms. The number of Topliss-reactive ketones (excluding diaryl/α,β-unsaturated/α-hetero) is 1. The van der Waals surface area contributed by atoms with Crippen LogP contribution in [0.2, 0.25) is 0 Å². The number of anilines is 1. The van der Waals surface area contributed by atoms with Gasteiger partial charge in [0.25, 0.3) is 5.95 Å². The van der Waals surface area contributed by atoms with Crippen LogP contribution in [0.25, 0.3) is 0 Å². The predicted molar refractivity (Wildman–Crippen MR) is 47.6 cm³/mol. The first-order valence-electron chi connectivity index (χ1n) is 4.09. The lowest BCUT2D eigenvalue weighted by molar-refractivity contribution is -0.117. The minimum Gasteiger partial charge on any atom is -0.344 e. The van der Waals surface area contributed by atoms with Crippen molar-refractivity contribution in [2.45, 2.75) is 19.8 Å². The molecule has 0 fully saturated rings. The lowest BCUT2D eigenvalue weighted by Gasteiger charge is -2.02. The van der Waals surface area contributed by atoms with Crippen molar-refractivity contribution >= 4 is 11.7 Å². The van der Waals surface area contributed by atoms with E-state index in [1.807, 2.05) is 14.1 Å². The predicted octanol–water partition coefficient (Wildman–Crippen LogP) is 0.657. The topological polar surface area (TPSA) is 59.2 Å². The molecule has 13 heavy (non-hydrogen) atoms. The van der Waals surface area contributed by atoms with E-state index in [2.05, 4.69) is 10.1 Å². The smallest absolute Gasteiger partial charge is 0.265 e. The highest BCUT2D eigenvalue weighted by Gasteiger charge is 2.07. The highest BCUT2D eigenvalue weighted by atomic mass is 16.5. The number of carbonyl (C=O) groups is 1. The Morgan fingerprint density at radius 2 is 2.23 bits per heavy atom. The standard InChI is InChI=1S/C8H13N3O2/c1-6(12)4-5-7-9-8(10-13-7)11(2)3/h4-5H2,1-3H3. The molecule has 0 aliphatic carbocycles. The van der Waals surface area contributed by atoms with Crippen molar-refractivity contribution in [2.24, 2.45) is 0 Å². The zero-order valence-electron chi connectivity index (χ0n) is 8.07. The van der Waals surface area contributed by atoms with E-state index < -0.39 is 0 Å². The van der Waals surface area contributed by atoms with Gasteiger partial charge in [-0.15, -0.1) is 0 Å². The van der Waals surface area contributed by atoms with Crippen molar-refractivity contribution in [3.63, 3.8) is 0 Å². The van der Waals surface area contributed by atoms with Gasteiger partial charge in [-0.2, -0.15) is 4.98 Å². The first-order valence-corrected chi connectivity index (χ1v) is 4.09. The van der Waals surface area contributed by atoms with Gasteiger partial charge in [-0.1, -0.05) is 0 Å². The Balaban J connectivity index is 2.54. The summed E-state index contributed by atoms with van der Waals surface area (Å²) in [4.78, 5) is 16.5. The number of hydrogen-bond donors (Lipinski definition) is 0. The third-order valence-electron chi connectivity index (χ3n) is 1.55. The van der Waals surface area contributed by atoms with Gasteiger partial charge in [0, 0.05) is 26.9 Å². The fraction of sp³-hybridized carbons (Fsp3) is 0.625. The van der Waals surface area contributed by atoms with E-state index in [-0.39, 0.29) is 5.78 Å². The number of ketones is 1. The van der Waals surface area contributed by atoms with E-state index in [9.17, 15) is 4.79 Å².